The van der Waals surface area contributed by atoms with Crippen molar-refractivity contribution in [2.75, 3.05) is 24.7 Å². The van der Waals surface area contributed by atoms with Gasteiger partial charge in [-0.25, -0.2) is 21.6 Å². The number of hydrogen-bond acceptors (Lipinski definition) is 4. The van der Waals surface area contributed by atoms with Crippen molar-refractivity contribution < 1.29 is 30.8 Å². The van der Waals surface area contributed by atoms with E-state index in [0.717, 1.165) is 22.7 Å². The van der Waals surface area contributed by atoms with E-state index in [-0.39, 0.29) is 39.1 Å². The molecule has 34 heavy (non-hydrogen) atoms. The van der Waals surface area contributed by atoms with Gasteiger partial charge in [0.2, 0.25) is 10.0 Å². The van der Waals surface area contributed by atoms with Crippen LogP contribution in [0.25, 0.3) is 33.4 Å². The first-order valence-electron chi connectivity index (χ1n) is 9.98. The summed E-state index contributed by atoms with van der Waals surface area (Å²) < 4.78 is 73.0. The van der Waals surface area contributed by atoms with Gasteiger partial charge in [-0.15, -0.1) is 0 Å². The molecule has 10 heteroatoms. The number of benzene rings is 3. The van der Waals surface area contributed by atoms with E-state index in [1.807, 2.05) is 0 Å². The van der Waals surface area contributed by atoms with Crippen molar-refractivity contribution in [1.82, 2.24) is 5.32 Å². The van der Waals surface area contributed by atoms with Crippen LogP contribution in [-0.2, 0) is 10.0 Å². The highest BCUT2D eigenvalue weighted by Gasteiger charge is 2.26. The number of hydrogen-bond donors (Lipinski definition) is 1. The van der Waals surface area contributed by atoms with Gasteiger partial charge >= 0.3 is 0 Å². The predicted molar refractivity (Wildman–Crippen MR) is 124 cm³/mol. The van der Waals surface area contributed by atoms with Crippen LogP contribution in [0.1, 0.15) is 10.4 Å². The maximum absolute atomic E-state index is 14.0. The van der Waals surface area contributed by atoms with Gasteiger partial charge < -0.3 is 9.73 Å². The van der Waals surface area contributed by atoms with E-state index in [9.17, 15) is 26.4 Å². The van der Waals surface area contributed by atoms with Crippen LogP contribution in [0.15, 0.2) is 59.0 Å². The molecule has 6 nitrogen and oxygen atoms in total. The molecule has 0 aliphatic rings. The van der Waals surface area contributed by atoms with Crippen molar-refractivity contribution in [3.63, 3.8) is 0 Å². The number of nitrogens with zero attached hydrogens (tertiary/aromatic N) is 1. The molecule has 0 fully saturated rings. The van der Waals surface area contributed by atoms with Gasteiger partial charge in [-0.05, 0) is 48.0 Å². The molecule has 0 bridgehead atoms. The minimum Gasteiger partial charge on any atom is -0.455 e. The molecule has 0 radical (unpaired) electrons. The second kappa shape index (κ2) is 8.53. The Hall–Kier alpha value is -3.79. The number of nitrogens with one attached hydrogen (secondary N) is 1. The molecule has 0 saturated carbocycles. The zero-order valence-corrected chi connectivity index (χ0v) is 19.1. The third kappa shape index (κ3) is 4.24. The normalized spacial score (nSPS) is 11.6. The van der Waals surface area contributed by atoms with Crippen molar-refractivity contribution in [2.45, 2.75) is 0 Å². The Bertz CT molecular complexity index is 1510. The molecule has 0 aliphatic heterocycles. The Kier molecular flexibility index (Phi) is 5.86. The van der Waals surface area contributed by atoms with Gasteiger partial charge in [0.05, 0.1) is 17.5 Å². The SMILES string of the molecule is CNC(=O)c1c(-c2ccc(F)cc2)oc2cc(N(C)S(C)(=O)=O)c(-c3cc(F)cc(F)c3)cc12. The number of anilines is 1. The van der Waals surface area contributed by atoms with Gasteiger partial charge in [-0.3, -0.25) is 9.10 Å². The van der Waals surface area contributed by atoms with Gasteiger partial charge in [0, 0.05) is 42.7 Å². The first-order chi connectivity index (χ1) is 16.0. The number of rotatable bonds is 5. The van der Waals surface area contributed by atoms with Crippen LogP contribution in [0.5, 0.6) is 0 Å². The minimum absolute atomic E-state index is 0.0669. The summed E-state index contributed by atoms with van der Waals surface area (Å²) in [7, 11) is -1.06. The fraction of sp³-hybridized carbons (Fsp3) is 0.125. The maximum atomic E-state index is 14.0. The number of halogens is 3. The predicted octanol–water partition coefficient (Wildman–Crippen LogP) is 4.94. The molecule has 0 unspecified atom stereocenters. The second-order valence-electron chi connectivity index (χ2n) is 7.65. The van der Waals surface area contributed by atoms with Crippen LogP contribution in [0.4, 0.5) is 18.9 Å². The van der Waals surface area contributed by atoms with Crippen molar-refractivity contribution >= 4 is 32.6 Å². The standard InChI is InChI=1S/C24H19F3N2O4S/c1-28-24(30)22-19-11-18(14-8-16(26)10-17(27)9-14)20(29(2)34(3,31)32)12-21(19)33-23(22)13-4-6-15(25)7-5-13/h4-12H,1-3H3,(H,28,30). The lowest BCUT2D eigenvalue weighted by atomic mass is 9.98. The Morgan fingerprint density at radius 3 is 2.09 bits per heavy atom. The number of sulfonamides is 1. The number of furan rings is 1. The van der Waals surface area contributed by atoms with Crippen LogP contribution >= 0.6 is 0 Å². The quantitative estimate of drug-likeness (QED) is 0.432. The zero-order valence-electron chi connectivity index (χ0n) is 18.3. The molecule has 4 aromatic rings. The lowest BCUT2D eigenvalue weighted by Gasteiger charge is -2.20. The van der Waals surface area contributed by atoms with E-state index >= 15 is 0 Å². The van der Waals surface area contributed by atoms with E-state index in [0.29, 0.717) is 11.6 Å². The van der Waals surface area contributed by atoms with Crippen molar-refractivity contribution in [3.05, 3.63) is 77.6 Å². The summed E-state index contributed by atoms with van der Waals surface area (Å²) in [6.45, 7) is 0. The molecular weight excluding hydrogens is 469 g/mol. The van der Waals surface area contributed by atoms with Crippen LogP contribution in [0.3, 0.4) is 0 Å². The summed E-state index contributed by atoms with van der Waals surface area (Å²) in [5, 5.41) is 2.80. The van der Waals surface area contributed by atoms with E-state index in [1.165, 1.54) is 50.5 Å². The monoisotopic (exact) mass is 488 g/mol. The summed E-state index contributed by atoms with van der Waals surface area (Å²) in [5.74, 6) is -2.57. The summed E-state index contributed by atoms with van der Waals surface area (Å²) in [4.78, 5) is 12.8. The molecule has 1 amide bonds. The molecule has 4 rings (SSSR count). The van der Waals surface area contributed by atoms with Crippen LogP contribution < -0.4 is 9.62 Å². The lowest BCUT2D eigenvalue weighted by molar-refractivity contribution is 0.0964. The number of amides is 1. The summed E-state index contributed by atoms with van der Waals surface area (Å²) in [6, 6.07) is 10.9. The van der Waals surface area contributed by atoms with Gasteiger partial charge in [0.15, 0.2) is 0 Å². The Morgan fingerprint density at radius 1 is 0.912 bits per heavy atom. The van der Waals surface area contributed by atoms with E-state index in [2.05, 4.69) is 5.32 Å². The van der Waals surface area contributed by atoms with Crippen molar-refractivity contribution in [1.29, 1.82) is 0 Å². The third-order valence-corrected chi connectivity index (χ3v) is 6.57. The summed E-state index contributed by atoms with van der Waals surface area (Å²) in [5.41, 5.74) is 0.989. The molecule has 0 spiro atoms. The van der Waals surface area contributed by atoms with Gasteiger partial charge in [0.25, 0.3) is 5.91 Å². The Balaban J connectivity index is 2.10. The van der Waals surface area contributed by atoms with E-state index < -0.39 is 33.4 Å². The molecule has 176 valence electrons. The van der Waals surface area contributed by atoms with Gasteiger partial charge in [-0.1, -0.05) is 0 Å². The van der Waals surface area contributed by atoms with E-state index in [1.54, 1.807) is 0 Å². The van der Waals surface area contributed by atoms with Crippen LogP contribution in [0.2, 0.25) is 0 Å². The Labute approximate surface area is 193 Å². The number of carbonyl (C=O) groups excluding carboxylic acids is 1. The van der Waals surface area contributed by atoms with Crippen LogP contribution in [-0.4, -0.2) is 34.7 Å². The number of carbonyl (C=O) groups is 1. The smallest absolute Gasteiger partial charge is 0.255 e. The highest BCUT2D eigenvalue weighted by atomic mass is 32.2. The third-order valence-electron chi connectivity index (χ3n) is 5.38. The molecule has 1 aromatic heterocycles. The highest BCUT2D eigenvalue weighted by Crippen LogP contribution is 2.41. The molecule has 1 N–H and O–H groups in total. The Morgan fingerprint density at radius 2 is 1.53 bits per heavy atom. The average Bonchev–Trinajstić information content (AvgIpc) is 3.14. The van der Waals surface area contributed by atoms with Gasteiger partial charge in [-0.2, -0.15) is 0 Å². The largest absolute Gasteiger partial charge is 0.455 e. The fourth-order valence-corrected chi connectivity index (χ4v) is 4.18. The molecular formula is C24H19F3N2O4S. The zero-order chi connectivity index (χ0) is 24.8. The highest BCUT2D eigenvalue weighted by molar-refractivity contribution is 7.92. The van der Waals surface area contributed by atoms with E-state index in [4.69, 9.17) is 4.42 Å². The van der Waals surface area contributed by atoms with Crippen LogP contribution in [0, 0.1) is 17.5 Å². The maximum Gasteiger partial charge on any atom is 0.255 e. The lowest BCUT2D eigenvalue weighted by Crippen LogP contribution is -2.25. The average molecular weight is 488 g/mol. The minimum atomic E-state index is -3.77. The number of fused-ring (bicyclic) bond motifs is 1. The summed E-state index contributed by atoms with van der Waals surface area (Å²) >= 11 is 0. The molecule has 3 aromatic carbocycles. The van der Waals surface area contributed by atoms with Crippen molar-refractivity contribution in [2.24, 2.45) is 0 Å². The molecule has 0 atom stereocenters. The fourth-order valence-electron chi connectivity index (χ4n) is 3.67. The second-order valence-corrected chi connectivity index (χ2v) is 9.66. The molecule has 0 saturated heterocycles. The van der Waals surface area contributed by atoms with Gasteiger partial charge in [0.1, 0.15) is 28.8 Å². The molecule has 0 aliphatic carbocycles. The molecule has 1 heterocycles. The topological polar surface area (TPSA) is 79.6 Å². The first kappa shape index (κ1) is 23.4. The van der Waals surface area contributed by atoms with Crippen molar-refractivity contribution in [3.8, 4) is 22.5 Å². The summed E-state index contributed by atoms with van der Waals surface area (Å²) in [6.07, 6.45) is 0.981. The first-order valence-corrected chi connectivity index (χ1v) is 11.8.